The van der Waals surface area contributed by atoms with Crippen molar-refractivity contribution < 1.29 is 9.53 Å². The summed E-state index contributed by atoms with van der Waals surface area (Å²) in [5.41, 5.74) is 10.1. The van der Waals surface area contributed by atoms with E-state index in [9.17, 15) is 4.79 Å². The van der Waals surface area contributed by atoms with E-state index in [1.807, 2.05) is 6.92 Å². The van der Waals surface area contributed by atoms with Crippen LogP contribution in [0.1, 0.15) is 28.7 Å². The predicted octanol–water partition coefficient (Wildman–Crippen LogP) is 1.79. The number of nitrogens with two attached hydrogens (primary N) is 1. The summed E-state index contributed by atoms with van der Waals surface area (Å²) in [5, 5.41) is 0. The summed E-state index contributed by atoms with van der Waals surface area (Å²) in [4.78, 5) is 11.1. The summed E-state index contributed by atoms with van der Waals surface area (Å²) in [7, 11) is 0. The summed E-state index contributed by atoms with van der Waals surface area (Å²) in [6.07, 6.45) is 1.09. The van der Waals surface area contributed by atoms with Crippen molar-refractivity contribution in [2.24, 2.45) is 5.73 Å². The highest BCUT2D eigenvalue weighted by Gasteiger charge is 2.26. The van der Waals surface area contributed by atoms with Crippen LogP contribution in [0.4, 0.5) is 0 Å². The molecule has 1 aromatic carbocycles. The Morgan fingerprint density at radius 1 is 1.38 bits per heavy atom. The summed E-state index contributed by atoms with van der Waals surface area (Å²) in [6.45, 7) is 6.16. The van der Waals surface area contributed by atoms with E-state index < -0.39 is 6.10 Å². The Bertz CT molecular complexity index is 452. The van der Waals surface area contributed by atoms with Gasteiger partial charge in [0.15, 0.2) is 6.10 Å². The number of amides is 1. The molecule has 0 saturated carbocycles. The number of carbonyl (C=O) groups is 1. The number of hydrogen-bond donors (Lipinski definition) is 1. The second kappa shape index (κ2) is 3.81. The molecule has 2 rings (SSSR count). The zero-order valence-corrected chi connectivity index (χ0v) is 9.96. The normalized spacial score (nSPS) is 18.8. The molecule has 86 valence electrons. The molecule has 3 nitrogen and oxygen atoms in total. The molecule has 1 aromatic rings. The molecule has 0 radical (unpaired) electrons. The predicted molar refractivity (Wildman–Crippen MR) is 62.6 cm³/mol. The maximum Gasteiger partial charge on any atom is 0.258 e. The van der Waals surface area contributed by atoms with Crippen molar-refractivity contribution in [2.75, 3.05) is 0 Å². The topological polar surface area (TPSA) is 52.3 Å². The minimum Gasteiger partial charge on any atom is -0.480 e. The van der Waals surface area contributed by atoms with E-state index >= 15 is 0 Å². The van der Waals surface area contributed by atoms with Crippen molar-refractivity contribution in [2.45, 2.75) is 39.7 Å². The fraction of sp³-hybridized carbons (Fsp3) is 0.462. The lowest BCUT2D eigenvalue weighted by atomic mass is 9.92. The van der Waals surface area contributed by atoms with Gasteiger partial charge in [0.25, 0.3) is 5.91 Å². The van der Waals surface area contributed by atoms with Crippen LogP contribution in [0.15, 0.2) is 6.07 Å². The Hall–Kier alpha value is -1.51. The zero-order chi connectivity index (χ0) is 11.9. The Morgan fingerprint density at radius 2 is 2.06 bits per heavy atom. The van der Waals surface area contributed by atoms with Gasteiger partial charge >= 0.3 is 0 Å². The van der Waals surface area contributed by atoms with Gasteiger partial charge in [-0.25, -0.2) is 0 Å². The third kappa shape index (κ3) is 1.66. The van der Waals surface area contributed by atoms with Crippen LogP contribution in [-0.2, 0) is 11.2 Å². The first-order valence-electron chi connectivity index (χ1n) is 5.56. The molecule has 1 heterocycles. The molecule has 0 spiro atoms. The molecule has 3 heteroatoms. The van der Waals surface area contributed by atoms with Gasteiger partial charge in [-0.3, -0.25) is 4.79 Å². The third-order valence-electron chi connectivity index (χ3n) is 3.35. The SMILES string of the molecule is Cc1cc(C)c2c(c1C)OC(C(N)=O)CC2. The number of primary amides is 1. The van der Waals surface area contributed by atoms with Crippen LogP contribution in [0.25, 0.3) is 0 Å². The molecule has 0 aromatic heterocycles. The quantitative estimate of drug-likeness (QED) is 0.783. The first-order chi connectivity index (χ1) is 7.50. The Balaban J connectivity index is 2.48. The van der Waals surface area contributed by atoms with Gasteiger partial charge in [0.2, 0.25) is 0 Å². The highest BCUT2D eigenvalue weighted by molar-refractivity contribution is 5.79. The molecular formula is C13H17NO2. The average molecular weight is 219 g/mol. The van der Waals surface area contributed by atoms with Gasteiger partial charge in [0.1, 0.15) is 5.75 Å². The average Bonchev–Trinajstić information content (AvgIpc) is 2.25. The van der Waals surface area contributed by atoms with Gasteiger partial charge in [-0.1, -0.05) is 6.07 Å². The summed E-state index contributed by atoms with van der Waals surface area (Å²) in [5.74, 6) is 0.497. The Morgan fingerprint density at radius 3 is 2.69 bits per heavy atom. The monoisotopic (exact) mass is 219 g/mol. The molecule has 1 atom stereocenters. The van der Waals surface area contributed by atoms with Crippen LogP contribution >= 0.6 is 0 Å². The number of benzene rings is 1. The number of carbonyl (C=O) groups excluding carboxylic acids is 1. The van der Waals surface area contributed by atoms with Gasteiger partial charge in [0, 0.05) is 0 Å². The van der Waals surface area contributed by atoms with Gasteiger partial charge in [-0.15, -0.1) is 0 Å². The van der Waals surface area contributed by atoms with Gasteiger partial charge < -0.3 is 10.5 Å². The highest BCUT2D eigenvalue weighted by atomic mass is 16.5. The molecule has 1 amide bonds. The van der Waals surface area contributed by atoms with Crippen LogP contribution in [0.3, 0.4) is 0 Å². The summed E-state index contributed by atoms with van der Waals surface area (Å²) < 4.78 is 5.71. The van der Waals surface area contributed by atoms with Crippen molar-refractivity contribution in [1.82, 2.24) is 0 Å². The van der Waals surface area contributed by atoms with E-state index in [0.717, 1.165) is 17.7 Å². The number of rotatable bonds is 1. The Labute approximate surface area is 95.6 Å². The maximum atomic E-state index is 11.1. The maximum absolute atomic E-state index is 11.1. The molecule has 16 heavy (non-hydrogen) atoms. The van der Waals surface area contributed by atoms with Gasteiger partial charge in [0.05, 0.1) is 0 Å². The molecule has 1 unspecified atom stereocenters. The Kier molecular flexibility index (Phi) is 2.62. The van der Waals surface area contributed by atoms with Crippen molar-refractivity contribution in [3.05, 3.63) is 28.3 Å². The molecule has 1 aliphatic heterocycles. The second-order valence-electron chi connectivity index (χ2n) is 4.49. The third-order valence-corrected chi connectivity index (χ3v) is 3.35. The lowest BCUT2D eigenvalue weighted by Crippen LogP contribution is -2.37. The molecule has 2 N–H and O–H groups in total. The molecule has 0 aliphatic carbocycles. The zero-order valence-electron chi connectivity index (χ0n) is 9.96. The standard InChI is InChI=1S/C13H17NO2/c1-7-6-8(2)10-4-5-11(13(14)15)16-12(10)9(7)3/h6,11H,4-5H2,1-3H3,(H2,14,15). The minimum atomic E-state index is -0.465. The number of aryl methyl sites for hydroxylation is 2. The highest BCUT2D eigenvalue weighted by Crippen LogP contribution is 2.35. The fourth-order valence-corrected chi connectivity index (χ4v) is 2.25. The first-order valence-corrected chi connectivity index (χ1v) is 5.56. The van der Waals surface area contributed by atoms with E-state index in [-0.39, 0.29) is 5.91 Å². The van der Waals surface area contributed by atoms with E-state index in [0.29, 0.717) is 6.42 Å². The number of hydrogen-bond acceptors (Lipinski definition) is 2. The minimum absolute atomic E-state index is 0.371. The van der Waals surface area contributed by atoms with Crippen LogP contribution < -0.4 is 10.5 Å². The molecule has 0 fully saturated rings. The van der Waals surface area contributed by atoms with E-state index in [2.05, 4.69) is 19.9 Å². The number of ether oxygens (including phenoxy) is 1. The fourth-order valence-electron chi connectivity index (χ4n) is 2.25. The molecule has 0 bridgehead atoms. The van der Waals surface area contributed by atoms with Crippen molar-refractivity contribution in [3.63, 3.8) is 0 Å². The van der Waals surface area contributed by atoms with Crippen molar-refractivity contribution in [1.29, 1.82) is 0 Å². The smallest absolute Gasteiger partial charge is 0.258 e. The van der Waals surface area contributed by atoms with E-state index in [1.165, 1.54) is 16.7 Å². The molecule has 1 aliphatic rings. The van der Waals surface area contributed by atoms with Crippen LogP contribution in [0.2, 0.25) is 0 Å². The van der Waals surface area contributed by atoms with Crippen molar-refractivity contribution >= 4 is 5.91 Å². The van der Waals surface area contributed by atoms with Crippen LogP contribution in [0, 0.1) is 20.8 Å². The molecular weight excluding hydrogens is 202 g/mol. The summed E-state index contributed by atoms with van der Waals surface area (Å²) in [6, 6.07) is 2.17. The van der Waals surface area contributed by atoms with Gasteiger partial charge in [-0.05, 0) is 55.9 Å². The van der Waals surface area contributed by atoms with E-state index in [1.54, 1.807) is 0 Å². The molecule has 0 saturated heterocycles. The second-order valence-corrected chi connectivity index (χ2v) is 4.49. The van der Waals surface area contributed by atoms with Crippen LogP contribution in [-0.4, -0.2) is 12.0 Å². The lowest BCUT2D eigenvalue weighted by molar-refractivity contribution is -0.125. The largest absolute Gasteiger partial charge is 0.480 e. The first kappa shape index (κ1) is 11.0. The summed E-state index contributed by atoms with van der Waals surface area (Å²) >= 11 is 0. The van der Waals surface area contributed by atoms with Crippen molar-refractivity contribution in [3.8, 4) is 5.75 Å². The van der Waals surface area contributed by atoms with E-state index in [4.69, 9.17) is 10.5 Å². The van der Waals surface area contributed by atoms with Crippen LogP contribution in [0.5, 0.6) is 5.75 Å². The lowest BCUT2D eigenvalue weighted by Gasteiger charge is -2.27. The van der Waals surface area contributed by atoms with Gasteiger partial charge in [-0.2, -0.15) is 0 Å². The number of fused-ring (bicyclic) bond motifs is 1.